The number of hydrogen-bond donors (Lipinski definition) is 1. The number of unbranched alkanes of at least 4 members (excludes halogenated alkanes) is 32. The van der Waals surface area contributed by atoms with Crippen LogP contribution < -0.4 is 0 Å². The smallest absolute Gasteiger partial charge is 0.462 e. The van der Waals surface area contributed by atoms with Gasteiger partial charge in [-0.05, 0) is 83.5 Å². The number of esters is 2. The molecule has 0 radical (unpaired) electrons. The maximum absolute atomic E-state index is 12.8. The number of rotatable bonds is 56. The maximum atomic E-state index is 12.8. The molecule has 0 fully saturated rings. The summed E-state index contributed by atoms with van der Waals surface area (Å²) in [5.74, 6) is -0.799. The molecule has 0 aromatic carbocycles. The molecule has 0 bridgehead atoms. The number of carbonyl (C=O) groups excluding carboxylic acids is 2. The van der Waals surface area contributed by atoms with Gasteiger partial charge in [-0.1, -0.05) is 242 Å². The van der Waals surface area contributed by atoms with Crippen LogP contribution in [0.25, 0.3) is 0 Å². The van der Waals surface area contributed by atoms with Crippen LogP contribution in [0.5, 0.6) is 0 Å². The lowest BCUT2D eigenvalue weighted by Gasteiger charge is -2.24. The standard InChI is InChI=1S/C63H116NO8P/c1-6-8-10-12-14-16-18-20-22-24-26-27-28-29-30-31-32-33-34-35-36-37-38-40-42-44-46-48-50-52-54-56-63(66)72-61(60-71-73(67,68)70-58-57-64(3,4)5)59-69-62(65)55-53-51-49-47-45-43-41-39-25-23-21-19-17-15-13-11-9-7-2/h17-20,23-26,28-29,61H,6-16,21-22,27,30-60H2,1-5H3/p+1/b19-17-,20-18-,25-23-,26-24-,29-28-. The molecule has 0 aliphatic heterocycles. The summed E-state index contributed by atoms with van der Waals surface area (Å²) in [5, 5.41) is 0. The molecule has 0 heterocycles. The van der Waals surface area contributed by atoms with E-state index in [1.807, 2.05) is 21.1 Å². The van der Waals surface area contributed by atoms with Crippen molar-refractivity contribution in [1.82, 2.24) is 0 Å². The zero-order chi connectivity index (χ0) is 53.5. The number of hydrogen-bond acceptors (Lipinski definition) is 7. The summed E-state index contributed by atoms with van der Waals surface area (Å²) in [6.45, 7) is 4.42. The van der Waals surface area contributed by atoms with Crippen molar-refractivity contribution in [2.75, 3.05) is 47.5 Å². The topological polar surface area (TPSA) is 108 Å². The molecule has 2 unspecified atom stereocenters. The first kappa shape index (κ1) is 70.7. The van der Waals surface area contributed by atoms with E-state index in [2.05, 4.69) is 74.6 Å². The normalized spacial score (nSPS) is 13.7. The Balaban J connectivity index is 4.09. The zero-order valence-corrected chi connectivity index (χ0v) is 49.3. The van der Waals surface area contributed by atoms with Gasteiger partial charge >= 0.3 is 19.8 Å². The Bertz CT molecular complexity index is 1420. The van der Waals surface area contributed by atoms with Crippen LogP contribution in [0.4, 0.5) is 0 Å². The highest BCUT2D eigenvalue weighted by Gasteiger charge is 2.27. The Morgan fingerprint density at radius 2 is 0.740 bits per heavy atom. The summed E-state index contributed by atoms with van der Waals surface area (Å²) in [4.78, 5) is 35.7. The van der Waals surface area contributed by atoms with E-state index in [4.69, 9.17) is 18.5 Å². The van der Waals surface area contributed by atoms with Crippen LogP contribution in [-0.2, 0) is 32.7 Å². The minimum Gasteiger partial charge on any atom is -0.462 e. The lowest BCUT2D eigenvalue weighted by molar-refractivity contribution is -0.870. The molecule has 0 aliphatic rings. The first-order valence-electron chi connectivity index (χ1n) is 30.5. The van der Waals surface area contributed by atoms with E-state index in [0.717, 1.165) is 64.2 Å². The largest absolute Gasteiger partial charge is 0.472 e. The summed E-state index contributed by atoms with van der Waals surface area (Å²) in [7, 11) is 1.48. The second-order valence-electron chi connectivity index (χ2n) is 21.7. The van der Waals surface area contributed by atoms with Crippen LogP contribution in [0.1, 0.15) is 277 Å². The molecule has 10 heteroatoms. The number of allylic oxidation sites excluding steroid dienone is 10. The third-order valence-electron chi connectivity index (χ3n) is 13.3. The van der Waals surface area contributed by atoms with Crippen LogP contribution in [0.3, 0.4) is 0 Å². The van der Waals surface area contributed by atoms with Crippen molar-refractivity contribution in [2.24, 2.45) is 0 Å². The van der Waals surface area contributed by atoms with E-state index >= 15 is 0 Å². The molecule has 0 spiro atoms. The van der Waals surface area contributed by atoms with Crippen molar-refractivity contribution in [1.29, 1.82) is 0 Å². The first-order chi connectivity index (χ1) is 35.5. The zero-order valence-electron chi connectivity index (χ0n) is 48.4. The van der Waals surface area contributed by atoms with E-state index in [1.54, 1.807) is 0 Å². The number of nitrogens with zero attached hydrogens (tertiary/aromatic N) is 1. The van der Waals surface area contributed by atoms with Gasteiger partial charge < -0.3 is 18.9 Å². The summed E-state index contributed by atoms with van der Waals surface area (Å²) in [5.41, 5.74) is 0. The second kappa shape index (κ2) is 54.5. The van der Waals surface area contributed by atoms with E-state index in [0.29, 0.717) is 17.4 Å². The summed E-state index contributed by atoms with van der Waals surface area (Å²) < 4.78 is 34.6. The quantitative estimate of drug-likeness (QED) is 0.0211. The molecule has 426 valence electrons. The molecule has 0 saturated carbocycles. The summed E-state index contributed by atoms with van der Waals surface area (Å²) in [6.07, 6.45) is 70.1. The average molecular weight is 1050 g/mol. The fraction of sp³-hybridized carbons (Fsp3) is 0.810. The van der Waals surface area contributed by atoms with E-state index in [9.17, 15) is 19.0 Å². The van der Waals surface area contributed by atoms with Crippen molar-refractivity contribution in [3.05, 3.63) is 60.8 Å². The Labute approximate surface area is 451 Å². The van der Waals surface area contributed by atoms with E-state index in [1.165, 1.54) is 180 Å². The van der Waals surface area contributed by atoms with Crippen molar-refractivity contribution >= 4 is 19.8 Å². The fourth-order valence-electron chi connectivity index (χ4n) is 8.52. The first-order valence-corrected chi connectivity index (χ1v) is 32.0. The molecule has 0 aromatic heterocycles. The maximum Gasteiger partial charge on any atom is 0.472 e. The lowest BCUT2D eigenvalue weighted by Crippen LogP contribution is -2.37. The molecule has 1 N–H and O–H groups in total. The van der Waals surface area contributed by atoms with Gasteiger partial charge in [-0.3, -0.25) is 18.6 Å². The van der Waals surface area contributed by atoms with E-state index in [-0.39, 0.29) is 32.0 Å². The summed E-state index contributed by atoms with van der Waals surface area (Å²) in [6, 6.07) is 0. The molecular weight excluding hydrogens is 930 g/mol. The molecule has 0 rings (SSSR count). The van der Waals surface area contributed by atoms with Gasteiger partial charge in [0.05, 0.1) is 27.7 Å². The van der Waals surface area contributed by atoms with Crippen molar-refractivity contribution < 1.29 is 42.1 Å². The Morgan fingerprint density at radius 1 is 0.425 bits per heavy atom. The highest BCUT2D eigenvalue weighted by atomic mass is 31.2. The third kappa shape index (κ3) is 58.8. The predicted molar refractivity (Wildman–Crippen MR) is 312 cm³/mol. The van der Waals surface area contributed by atoms with E-state index < -0.39 is 26.5 Å². The van der Waals surface area contributed by atoms with Crippen LogP contribution in [0.15, 0.2) is 60.8 Å². The molecule has 2 atom stereocenters. The minimum absolute atomic E-state index is 0.0296. The van der Waals surface area contributed by atoms with Gasteiger partial charge in [0.25, 0.3) is 0 Å². The highest BCUT2D eigenvalue weighted by molar-refractivity contribution is 7.47. The third-order valence-corrected chi connectivity index (χ3v) is 14.3. The van der Waals surface area contributed by atoms with Gasteiger partial charge in [0.15, 0.2) is 6.10 Å². The molecule has 0 aliphatic carbocycles. The number of phosphoric ester groups is 1. The molecule has 0 amide bonds. The van der Waals surface area contributed by atoms with Gasteiger partial charge in [-0.25, -0.2) is 4.57 Å². The Hall–Kier alpha value is -2.29. The highest BCUT2D eigenvalue weighted by Crippen LogP contribution is 2.43. The van der Waals surface area contributed by atoms with Crippen molar-refractivity contribution in [3.8, 4) is 0 Å². The van der Waals surface area contributed by atoms with Gasteiger partial charge in [0.1, 0.15) is 19.8 Å². The number of likely N-dealkylation sites (N-methyl/N-ethyl adjacent to an activating group) is 1. The second-order valence-corrected chi connectivity index (χ2v) is 23.2. The number of phosphoric acid groups is 1. The predicted octanol–water partition coefficient (Wildman–Crippen LogP) is 19.1. The van der Waals surface area contributed by atoms with Gasteiger partial charge in [0.2, 0.25) is 0 Å². The van der Waals surface area contributed by atoms with Crippen LogP contribution >= 0.6 is 7.82 Å². The van der Waals surface area contributed by atoms with Crippen LogP contribution in [0.2, 0.25) is 0 Å². The van der Waals surface area contributed by atoms with Gasteiger partial charge in [-0.2, -0.15) is 0 Å². The average Bonchev–Trinajstić information content (AvgIpc) is 3.35. The SMILES string of the molecule is CCCCCC/C=C\C/C=C\CCCCCCCCCC(=O)OCC(COP(=O)(O)OCC[N+](C)(C)C)OC(=O)CCCCCCCCCCCCCCCCCC/C=C\C/C=C\C/C=C\CCCCCCC. The Kier molecular flexibility index (Phi) is 52.8. The van der Waals surface area contributed by atoms with Crippen molar-refractivity contribution in [2.45, 2.75) is 283 Å². The number of carbonyl (C=O) groups is 2. The molecular formula is C63H117NO8P+. The number of quaternary nitrogens is 1. The number of ether oxygens (including phenoxy) is 2. The van der Waals surface area contributed by atoms with Gasteiger partial charge in [0, 0.05) is 12.8 Å². The molecule has 73 heavy (non-hydrogen) atoms. The van der Waals surface area contributed by atoms with Crippen LogP contribution in [0, 0.1) is 0 Å². The molecule has 0 aromatic rings. The molecule has 0 saturated heterocycles. The molecule has 9 nitrogen and oxygen atoms in total. The van der Waals surface area contributed by atoms with Gasteiger partial charge in [-0.15, -0.1) is 0 Å². The van der Waals surface area contributed by atoms with Crippen molar-refractivity contribution in [3.63, 3.8) is 0 Å². The Morgan fingerprint density at radius 3 is 1.11 bits per heavy atom. The fourth-order valence-corrected chi connectivity index (χ4v) is 9.27. The minimum atomic E-state index is -4.39. The summed E-state index contributed by atoms with van der Waals surface area (Å²) >= 11 is 0. The lowest BCUT2D eigenvalue weighted by atomic mass is 10.0. The monoisotopic (exact) mass is 1050 g/mol. The van der Waals surface area contributed by atoms with Crippen LogP contribution in [-0.4, -0.2) is 74.9 Å².